The summed E-state index contributed by atoms with van der Waals surface area (Å²) in [6.45, 7) is 4.38. The highest BCUT2D eigenvalue weighted by molar-refractivity contribution is 7.98. The Morgan fingerprint density at radius 1 is 1.32 bits per heavy atom. The Bertz CT molecular complexity index is 295. The number of hydrogen-bond acceptors (Lipinski definition) is 4. The lowest BCUT2D eigenvalue weighted by atomic mass is 9.94. The highest BCUT2D eigenvalue weighted by atomic mass is 32.2. The minimum Gasteiger partial charge on any atom is -0.352 e. The zero-order valence-electron chi connectivity index (χ0n) is 12.0. The predicted octanol–water partition coefficient (Wildman–Crippen LogP) is 0.410. The third-order valence-electron chi connectivity index (χ3n) is 3.27. The van der Waals surface area contributed by atoms with Gasteiger partial charge in [-0.25, -0.2) is 4.79 Å². The van der Waals surface area contributed by atoms with E-state index in [0.717, 1.165) is 18.6 Å². The Morgan fingerprint density at radius 2 is 1.89 bits per heavy atom. The first-order valence-electron chi connectivity index (χ1n) is 6.50. The van der Waals surface area contributed by atoms with Gasteiger partial charge in [-0.2, -0.15) is 11.8 Å². The van der Waals surface area contributed by atoms with Gasteiger partial charge in [0.1, 0.15) is 6.04 Å². The quantitative estimate of drug-likeness (QED) is 0.493. The summed E-state index contributed by atoms with van der Waals surface area (Å²) in [6, 6.07) is -1.28. The largest absolute Gasteiger partial charge is 0.352 e. The van der Waals surface area contributed by atoms with Crippen LogP contribution in [0.2, 0.25) is 0 Å². The topological polar surface area (TPSA) is 110 Å². The van der Waals surface area contributed by atoms with Crippen molar-refractivity contribution in [2.45, 2.75) is 44.7 Å². The van der Waals surface area contributed by atoms with E-state index in [1.54, 1.807) is 11.8 Å². The number of primary amides is 1. The molecule has 6 N–H and O–H groups in total. The number of thioether (sulfide) groups is 1. The van der Waals surface area contributed by atoms with Crippen LogP contribution in [0.25, 0.3) is 0 Å². The second kappa shape index (κ2) is 9.03. The number of rotatable bonds is 9. The van der Waals surface area contributed by atoms with Gasteiger partial charge in [-0.05, 0) is 31.3 Å². The molecule has 0 spiro atoms. The fourth-order valence-electron chi connectivity index (χ4n) is 1.56. The van der Waals surface area contributed by atoms with Gasteiger partial charge in [0.15, 0.2) is 0 Å². The van der Waals surface area contributed by atoms with Gasteiger partial charge < -0.3 is 22.1 Å². The summed E-state index contributed by atoms with van der Waals surface area (Å²) in [6.07, 6.45) is 4.05. The molecule has 0 aliphatic heterocycles. The summed E-state index contributed by atoms with van der Waals surface area (Å²) in [5.74, 6) is 0.540. The zero-order chi connectivity index (χ0) is 14.9. The van der Waals surface area contributed by atoms with Crippen molar-refractivity contribution in [1.29, 1.82) is 0 Å². The molecule has 1 unspecified atom stereocenters. The SMILES string of the molecule is CCC(N)(CC)CNC(=O)C(CCSC)NC(N)=O. The molecular weight excluding hydrogens is 264 g/mol. The third kappa shape index (κ3) is 7.27. The predicted molar refractivity (Wildman–Crippen MR) is 80.0 cm³/mol. The Kier molecular flexibility index (Phi) is 8.58. The van der Waals surface area contributed by atoms with Crippen molar-refractivity contribution in [1.82, 2.24) is 10.6 Å². The van der Waals surface area contributed by atoms with E-state index in [9.17, 15) is 9.59 Å². The minimum atomic E-state index is -0.689. The van der Waals surface area contributed by atoms with E-state index in [2.05, 4.69) is 10.6 Å². The maximum Gasteiger partial charge on any atom is 0.312 e. The summed E-state index contributed by atoms with van der Waals surface area (Å²) < 4.78 is 0. The van der Waals surface area contributed by atoms with Crippen molar-refractivity contribution in [2.24, 2.45) is 11.5 Å². The molecule has 0 saturated carbocycles. The zero-order valence-corrected chi connectivity index (χ0v) is 12.8. The first kappa shape index (κ1) is 18.0. The number of carbonyl (C=O) groups is 2. The summed E-state index contributed by atoms with van der Waals surface area (Å²) in [5, 5.41) is 5.26. The van der Waals surface area contributed by atoms with E-state index in [1.165, 1.54) is 0 Å². The van der Waals surface area contributed by atoms with Gasteiger partial charge in [-0.15, -0.1) is 0 Å². The smallest absolute Gasteiger partial charge is 0.312 e. The number of urea groups is 1. The molecule has 112 valence electrons. The molecule has 7 heteroatoms. The lowest BCUT2D eigenvalue weighted by Gasteiger charge is -2.28. The Labute approximate surface area is 119 Å². The average Bonchev–Trinajstić information content (AvgIpc) is 2.40. The van der Waals surface area contributed by atoms with E-state index in [-0.39, 0.29) is 5.91 Å². The lowest BCUT2D eigenvalue weighted by molar-refractivity contribution is -0.123. The fourth-order valence-corrected chi connectivity index (χ4v) is 2.03. The molecule has 0 aromatic heterocycles. The number of nitrogens with two attached hydrogens (primary N) is 2. The number of amides is 3. The molecule has 0 radical (unpaired) electrons. The molecule has 19 heavy (non-hydrogen) atoms. The summed E-state index contributed by atoms with van der Waals surface area (Å²) in [4.78, 5) is 22.9. The molecule has 6 nitrogen and oxygen atoms in total. The highest BCUT2D eigenvalue weighted by Gasteiger charge is 2.24. The van der Waals surface area contributed by atoms with Crippen LogP contribution in [-0.4, -0.2) is 42.1 Å². The molecular formula is C12H26N4O2S. The van der Waals surface area contributed by atoms with Crippen LogP contribution >= 0.6 is 11.8 Å². The normalized spacial score (nSPS) is 12.8. The van der Waals surface area contributed by atoms with Gasteiger partial charge in [0.05, 0.1) is 0 Å². The van der Waals surface area contributed by atoms with E-state index in [1.807, 2.05) is 20.1 Å². The van der Waals surface area contributed by atoms with Crippen molar-refractivity contribution in [3.8, 4) is 0 Å². The van der Waals surface area contributed by atoms with Crippen LogP contribution in [0.5, 0.6) is 0 Å². The summed E-state index contributed by atoms with van der Waals surface area (Å²) >= 11 is 1.61. The molecule has 0 aliphatic carbocycles. The van der Waals surface area contributed by atoms with E-state index < -0.39 is 17.6 Å². The van der Waals surface area contributed by atoms with Gasteiger partial charge >= 0.3 is 6.03 Å². The molecule has 0 aliphatic rings. The van der Waals surface area contributed by atoms with Crippen molar-refractivity contribution < 1.29 is 9.59 Å². The van der Waals surface area contributed by atoms with E-state index in [4.69, 9.17) is 11.5 Å². The van der Waals surface area contributed by atoms with E-state index in [0.29, 0.717) is 13.0 Å². The molecule has 3 amide bonds. The molecule has 0 aromatic rings. The second-order valence-electron chi connectivity index (χ2n) is 4.63. The minimum absolute atomic E-state index is 0.232. The Balaban J connectivity index is 4.42. The van der Waals surface area contributed by atoms with Gasteiger partial charge in [0.25, 0.3) is 0 Å². The van der Waals surface area contributed by atoms with Gasteiger partial charge in [-0.1, -0.05) is 13.8 Å². The van der Waals surface area contributed by atoms with Gasteiger partial charge in [0, 0.05) is 12.1 Å². The van der Waals surface area contributed by atoms with Crippen molar-refractivity contribution in [3.63, 3.8) is 0 Å². The van der Waals surface area contributed by atoms with E-state index >= 15 is 0 Å². The standard InChI is InChI=1S/C12H26N4O2S/c1-4-12(14,5-2)8-15-10(17)9(6-7-19-3)16-11(13)18/h9H,4-8,14H2,1-3H3,(H,15,17)(H3,13,16,18). The van der Waals surface area contributed by atoms with Crippen molar-refractivity contribution in [2.75, 3.05) is 18.6 Å². The van der Waals surface area contributed by atoms with Crippen LogP contribution in [0.1, 0.15) is 33.1 Å². The molecule has 0 rings (SSSR count). The van der Waals surface area contributed by atoms with Crippen LogP contribution in [0, 0.1) is 0 Å². The van der Waals surface area contributed by atoms with Gasteiger partial charge in [0.2, 0.25) is 5.91 Å². The molecule has 0 bridgehead atoms. The second-order valence-corrected chi connectivity index (χ2v) is 5.62. The first-order valence-corrected chi connectivity index (χ1v) is 7.89. The first-order chi connectivity index (χ1) is 8.88. The van der Waals surface area contributed by atoms with Crippen LogP contribution < -0.4 is 22.1 Å². The number of nitrogens with one attached hydrogen (secondary N) is 2. The molecule has 0 fully saturated rings. The number of hydrogen-bond donors (Lipinski definition) is 4. The molecule has 0 heterocycles. The maximum absolute atomic E-state index is 12.0. The summed E-state index contributed by atoms with van der Waals surface area (Å²) in [5.41, 5.74) is 10.8. The molecule has 1 atom stereocenters. The van der Waals surface area contributed by atoms with Crippen LogP contribution in [0.3, 0.4) is 0 Å². The molecule has 0 aromatic carbocycles. The van der Waals surface area contributed by atoms with Crippen molar-refractivity contribution in [3.05, 3.63) is 0 Å². The van der Waals surface area contributed by atoms with Crippen LogP contribution in [0.4, 0.5) is 4.79 Å². The van der Waals surface area contributed by atoms with Crippen molar-refractivity contribution >= 4 is 23.7 Å². The van der Waals surface area contributed by atoms with Crippen LogP contribution in [0.15, 0.2) is 0 Å². The third-order valence-corrected chi connectivity index (χ3v) is 3.91. The monoisotopic (exact) mass is 290 g/mol. The Hall–Kier alpha value is -0.950. The summed E-state index contributed by atoms with van der Waals surface area (Å²) in [7, 11) is 0. The molecule has 0 saturated heterocycles. The highest BCUT2D eigenvalue weighted by Crippen LogP contribution is 2.09. The fraction of sp³-hybridized carbons (Fsp3) is 0.833. The van der Waals surface area contributed by atoms with Gasteiger partial charge in [-0.3, -0.25) is 4.79 Å². The number of carbonyl (C=O) groups excluding carboxylic acids is 2. The van der Waals surface area contributed by atoms with Crippen LogP contribution in [-0.2, 0) is 4.79 Å². The maximum atomic E-state index is 12.0. The average molecular weight is 290 g/mol. The lowest BCUT2D eigenvalue weighted by Crippen LogP contribution is -2.54. The Morgan fingerprint density at radius 3 is 2.32 bits per heavy atom.